The average Bonchev–Trinajstić information content (AvgIpc) is 2.49. The molecule has 0 amide bonds. The number of hydrogen-bond donors (Lipinski definition) is 1. The fourth-order valence-electron chi connectivity index (χ4n) is 2.64. The van der Waals surface area contributed by atoms with Crippen molar-refractivity contribution in [2.75, 3.05) is 26.2 Å². The molecular weight excluding hydrogens is 265 g/mol. The van der Waals surface area contributed by atoms with E-state index in [1.807, 2.05) is 0 Å². The summed E-state index contributed by atoms with van der Waals surface area (Å²) in [6, 6.07) is 5.63. The van der Waals surface area contributed by atoms with E-state index in [0.717, 1.165) is 37.8 Å². The molecule has 0 aromatic heterocycles. The zero-order valence-electron chi connectivity index (χ0n) is 11.9. The highest BCUT2D eigenvalue weighted by molar-refractivity contribution is 5.25. The Labute approximate surface area is 118 Å². The van der Waals surface area contributed by atoms with E-state index in [1.54, 1.807) is 6.07 Å². The lowest BCUT2D eigenvalue weighted by molar-refractivity contribution is -0.137. The van der Waals surface area contributed by atoms with Crippen LogP contribution in [0.1, 0.15) is 25.0 Å². The fraction of sp³-hybridized carbons (Fsp3) is 0.600. The molecule has 2 nitrogen and oxygen atoms in total. The average molecular weight is 286 g/mol. The van der Waals surface area contributed by atoms with Crippen LogP contribution in [0.25, 0.3) is 0 Å². The lowest BCUT2D eigenvalue weighted by Gasteiger charge is -2.29. The van der Waals surface area contributed by atoms with Gasteiger partial charge in [-0.2, -0.15) is 13.2 Å². The smallest absolute Gasteiger partial charge is 0.315 e. The maximum Gasteiger partial charge on any atom is 0.416 e. The molecule has 1 N–H and O–H groups in total. The summed E-state index contributed by atoms with van der Waals surface area (Å²) in [6.07, 6.45) is -4.27. The van der Waals surface area contributed by atoms with Crippen LogP contribution >= 0.6 is 0 Å². The van der Waals surface area contributed by atoms with E-state index in [0.29, 0.717) is 6.54 Å². The van der Waals surface area contributed by atoms with Gasteiger partial charge in [0.05, 0.1) is 5.56 Å². The van der Waals surface area contributed by atoms with Gasteiger partial charge in [0.2, 0.25) is 0 Å². The van der Waals surface area contributed by atoms with Crippen molar-refractivity contribution in [1.29, 1.82) is 0 Å². The molecule has 0 aliphatic carbocycles. The Kier molecular flexibility index (Phi) is 4.39. The third kappa shape index (κ3) is 4.21. The third-order valence-electron chi connectivity index (χ3n) is 3.52. The van der Waals surface area contributed by atoms with Gasteiger partial charge in [-0.15, -0.1) is 0 Å². The number of alkyl halides is 3. The van der Waals surface area contributed by atoms with Crippen LogP contribution in [0.3, 0.4) is 0 Å². The Bertz CT molecular complexity index is 455. The van der Waals surface area contributed by atoms with Crippen molar-refractivity contribution in [3.8, 4) is 0 Å². The Morgan fingerprint density at radius 2 is 2.05 bits per heavy atom. The van der Waals surface area contributed by atoms with Gasteiger partial charge in [-0.05, 0) is 17.0 Å². The zero-order chi connectivity index (χ0) is 14.8. The SMILES string of the molecule is CC1(C)CNCCN(Cc2cccc(C(F)(F)F)c2)C1. The molecule has 1 aliphatic heterocycles. The van der Waals surface area contributed by atoms with E-state index < -0.39 is 11.7 Å². The van der Waals surface area contributed by atoms with Crippen molar-refractivity contribution >= 4 is 0 Å². The maximum atomic E-state index is 12.7. The molecule has 0 unspecified atom stereocenters. The molecule has 112 valence electrons. The third-order valence-corrected chi connectivity index (χ3v) is 3.52. The van der Waals surface area contributed by atoms with Crippen LogP contribution in [-0.2, 0) is 12.7 Å². The Morgan fingerprint density at radius 3 is 2.75 bits per heavy atom. The first-order valence-corrected chi connectivity index (χ1v) is 6.85. The highest BCUT2D eigenvalue weighted by Gasteiger charge is 2.30. The molecule has 0 bridgehead atoms. The maximum absolute atomic E-state index is 12.7. The Balaban J connectivity index is 2.09. The minimum Gasteiger partial charge on any atom is -0.315 e. The summed E-state index contributed by atoms with van der Waals surface area (Å²) in [5.41, 5.74) is 0.290. The fourth-order valence-corrected chi connectivity index (χ4v) is 2.64. The van der Waals surface area contributed by atoms with Gasteiger partial charge in [0.1, 0.15) is 0 Å². The summed E-state index contributed by atoms with van der Waals surface area (Å²) in [7, 11) is 0. The number of hydrogen-bond acceptors (Lipinski definition) is 2. The Morgan fingerprint density at radius 1 is 1.30 bits per heavy atom. The van der Waals surface area contributed by atoms with Gasteiger partial charge >= 0.3 is 6.18 Å². The van der Waals surface area contributed by atoms with Crippen LogP contribution in [0, 0.1) is 5.41 Å². The highest BCUT2D eigenvalue weighted by atomic mass is 19.4. The van der Waals surface area contributed by atoms with Crippen molar-refractivity contribution in [3.05, 3.63) is 35.4 Å². The van der Waals surface area contributed by atoms with Crippen LogP contribution in [0.4, 0.5) is 13.2 Å². The molecule has 1 aliphatic rings. The molecule has 1 heterocycles. The van der Waals surface area contributed by atoms with Crippen molar-refractivity contribution in [2.24, 2.45) is 5.41 Å². The summed E-state index contributed by atoms with van der Waals surface area (Å²) in [5.74, 6) is 0. The largest absolute Gasteiger partial charge is 0.416 e. The topological polar surface area (TPSA) is 15.3 Å². The summed E-state index contributed by atoms with van der Waals surface area (Å²) in [5, 5.41) is 3.37. The lowest BCUT2D eigenvalue weighted by atomic mass is 9.93. The predicted molar refractivity (Wildman–Crippen MR) is 73.4 cm³/mol. The molecule has 1 saturated heterocycles. The summed E-state index contributed by atoms with van der Waals surface area (Å²) in [6.45, 7) is 8.47. The first-order valence-electron chi connectivity index (χ1n) is 6.85. The van der Waals surface area contributed by atoms with Crippen LogP contribution in [0.15, 0.2) is 24.3 Å². The second-order valence-corrected chi connectivity index (χ2v) is 6.25. The highest BCUT2D eigenvalue weighted by Crippen LogP contribution is 2.30. The molecular formula is C15H21F3N2. The summed E-state index contributed by atoms with van der Waals surface area (Å²) in [4.78, 5) is 2.22. The molecule has 0 radical (unpaired) electrons. The van der Waals surface area contributed by atoms with Crippen molar-refractivity contribution in [1.82, 2.24) is 10.2 Å². The van der Waals surface area contributed by atoms with Gasteiger partial charge in [0.25, 0.3) is 0 Å². The molecule has 2 rings (SSSR count). The molecule has 1 aromatic rings. The standard InChI is InChI=1S/C15H21F3N2/c1-14(2)10-19-6-7-20(11-14)9-12-4-3-5-13(8-12)15(16,17)18/h3-5,8,19H,6-7,9-11H2,1-2H3. The zero-order valence-corrected chi connectivity index (χ0v) is 11.9. The van der Waals surface area contributed by atoms with Crippen LogP contribution < -0.4 is 5.32 Å². The van der Waals surface area contributed by atoms with Gasteiger partial charge in [0.15, 0.2) is 0 Å². The van der Waals surface area contributed by atoms with Crippen molar-refractivity contribution in [3.63, 3.8) is 0 Å². The van der Waals surface area contributed by atoms with Crippen LogP contribution in [-0.4, -0.2) is 31.1 Å². The van der Waals surface area contributed by atoms with E-state index in [9.17, 15) is 13.2 Å². The minimum atomic E-state index is -4.27. The van der Waals surface area contributed by atoms with Crippen molar-refractivity contribution < 1.29 is 13.2 Å². The molecule has 0 spiro atoms. The molecule has 5 heteroatoms. The van der Waals surface area contributed by atoms with Gasteiger partial charge in [0, 0.05) is 32.7 Å². The van der Waals surface area contributed by atoms with E-state index in [2.05, 4.69) is 24.1 Å². The Hall–Kier alpha value is -1.07. The van der Waals surface area contributed by atoms with E-state index in [1.165, 1.54) is 12.1 Å². The van der Waals surface area contributed by atoms with Gasteiger partial charge in [-0.25, -0.2) is 0 Å². The molecule has 20 heavy (non-hydrogen) atoms. The normalized spacial score (nSPS) is 20.6. The second-order valence-electron chi connectivity index (χ2n) is 6.25. The van der Waals surface area contributed by atoms with E-state index >= 15 is 0 Å². The first-order chi connectivity index (χ1) is 9.26. The van der Waals surface area contributed by atoms with Gasteiger partial charge in [-0.1, -0.05) is 32.0 Å². The van der Waals surface area contributed by atoms with Gasteiger partial charge < -0.3 is 5.32 Å². The van der Waals surface area contributed by atoms with Crippen LogP contribution in [0.2, 0.25) is 0 Å². The number of nitrogens with one attached hydrogen (secondary N) is 1. The molecule has 0 atom stereocenters. The van der Waals surface area contributed by atoms with Crippen molar-refractivity contribution in [2.45, 2.75) is 26.6 Å². The monoisotopic (exact) mass is 286 g/mol. The lowest BCUT2D eigenvalue weighted by Crippen LogP contribution is -2.34. The molecule has 1 fully saturated rings. The summed E-state index contributed by atoms with van der Waals surface area (Å²) >= 11 is 0. The number of benzene rings is 1. The summed E-state index contributed by atoms with van der Waals surface area (Å²) < 4.78 is 38.1. The number of nitrogens with zero attached hydrogens (tertiary/aromatic N) is 1. The number of halogens is 3. The first kappa shape index (κ1) is 15.3. The minimum absolute atomic E-state index is 0.137. The van der Waals surface area contributed by atoms with E-state index in [4.69, 9.17) is 0 Å². The molecule has 0 saturated carbocycles. The number of rotatable bonds is 2. The second kappa shape index (κ2) is 5.74. The van der Waals surface area contributed by atoms with Gasteiger partial charge in [-0.3, -0.25) is 4.90 Å². The van der Waals surface area contributed by atoms with Crippen LogP contribution in [0.5, 0.6) is 0 Å². The quantitative estimate of drug-likeness (QED) is 0.898. The predicted octanol–water partition coefficient (Wildman–Crippen LogP) is 3.14. The van der Waals surface area contributed by atoms with E-state index in [-0.39, 0.29) is 5.41 Å². The molecule has 1 aromatic carbocycles.